The Labute approximate surface area is 151 Å². The summed E-state index contributed by atoms with van der Waals surface area (Å²) in [7, 11) is -0.947. The molecule has 0 spiro atoms. The molecule has 1 fully saturated rings. The summed E-state index contributed by atoms with van der Waals surface area (Å²) < 4.78 is 31.1. The molecule has 0 aliphatic carbocycles. The van der Waals surface area contributed by atoms with Gasteiger partial charge in [0.25, 0.3) is 0 Å². The number of halogens is 1. The van der Waals surface area contributed by atoms with E-state index in [4.69, 9.17) is 11.6 Å². The van der Waals surface area contributed by atoms with Crippen molar-refractivity contribution < 1.29 is 22.7 Å². The second kappa shape index (κ2) is 8.03. The lowest BCUT2D eigenvalue weighted by molar-refractivity contribution is -0.133. The molecule has 1 aromatic carbocycles. The van der Waals surface area contributed by atoms with Crippen LogP contribution in [0.4, 0.5) is 4.79 Å². The van der Waals surface area contributed by atoms with Gasteiger partial charge in [0.2, 0.25) is 15.9 Å². The highest BCUT2D eigenvalue weighted by atomic mass is 35.5. The summed E-state index contributed by atoms with van der Waals surface area (Å²) in [5.74, 6) is -0.257. The van der Waals surface area contributed by atoms with E-state index >= 15 is 0 Å². The Balaban J connectivity index is 1.97. The van der Waals surface area contributed by atoms with Crippen molar-refractivity contribution in [3.63, 3.8) is 0 Å². The minimum atomic E-state index is -3.65. The van der Waals surface area contributed by atoms with Crippen LogP contribution in [0.3, 0.4) is 0 Å². The minimum absolute atomic E-state index is 0.117. The van der Waals surface area contributed by atoms with Crippen molar-refractivity contribution in [2.75, 3.05) is 46.9 Å². The zero-order valence-corrected chi connectivity index (χ0v) is 15.6. The highest BCUT2D eigenvalue weighted by Crippen LogP contribution is 2.20. The van der Waals surface area contributed by atoms with Gasteiger partial charge < -0.3 is 14.5 Å². The van der Waals surface area contributed by atoms with E-state index in [0.29, 0.717) is 5.02 Å². The fraction of sp³-hybridized carbons (Fsp3) is 0.467. The number of hydrogen-bond acceptors (Lipinski definition) is 5. The molecule has 25 heavy (non-hydrogen) atoms. The summed E-state index contributed by atoms with van der Waals surface area (Å²) in [5.41, 5.74) is 0. The standard InChI is InChI=1S/C15H20ClN3O5S/c1-17(15(21)24-2)11-14(20)18-6-8-19(9-7-18)25(22,23)13-5-3-4-12(16)10-13/h3-5,10H,6-9,11H2,1-2H3. The summed E-state index contributed by atoms with van der Waals surface area (Å²) in [5, 5.41) is 0.348. The van der Waals surface area contributed by atoms with Gasteiger partial charge in [0.15, 0.2) is 0 Å². The van der Waals surface area contributed by atoms with Crippen LogP contribution in [-0.4, -0.2) is 81.4 Å². The highest BCUT2D eigenvalue weighted by molar-refractivity contribution is 7.89. The highest BCUT2D eigenvalue weighted by Gasteiger charge is 2.30. The molecule has 1 aliphatic heterocycles. The first-order chi connectivity index (χ1) is 11.8. The minimum Gasteiger partial charge on any atom is -0.453 e. The molecule has 0 N–H and O–H groups in total. The molecular formula is C15H20ClN3O5S. The summed E-state index contributed by atoms with van der Waals surface area (Å²) in [6.45, 7) is 0.764. The van der Waals surface area contributed by atoms with E-state index in [0.717, 1.165) is 4.90 Å². The molecule has 0 radical (unpaired) electrons. The van der Waals surface area contributed by atoms with E-state index in [1.807, 2.05) is 0 Å². The van der Waals surface area contributed by atoms with Crippen LogP contribution in [0.5, 0.6) is 0 Å². The number of methoxy groups -OCH3 is 1. The number of piperazine rings is 1. The quantitative estimate of drug-likeness (QED) is 0.762. The molecule has 0 atom stereocenters. The normalized spacial score (nSPS) is 15.7. The lowest BCUT2D eigenvalue weighted by atomic mass is 10.3. The molecule has 1 saturated heterocycles. The van der Waals surface area contributed by atoms with Gasteiger partial charge in [-0.15, -0.1) is 0 Å². The van der Waals surface area contributed by atoms with Gasteiger partial charge in [-0.1, -0.05) is 17.7 Å². The fourth-order valence-corrected chi connectivity index (χ4v) is 4.20. The lowest BCUT2D eigenvalue weighted by Crippen LogP contribution is -2.52. The van der Waals surface area contributed by atoms with E-state index in [1.54, 1.807) is 12.1 Å². The maximum Gasteiger partial charge on any atom is 0.409 e. The predicted molar refractivity (Wildman–Crippen MR) is 91.8 cm³/mol. The van der Waals surface area contributed by atoms with Crippen molar-refractivity contribution in [3.05, 3.63) is 29.3 Å². The molecule has 0 saturated carbocycles. The number of rotatable bonds is 4. The smallest absolute Gasteiger partial charge is 0.409 e. The molecule has 1 aromatic rings. The molecule has 2 amide bonds. The van der Waals surface area contributed by atoms with E-state index in [1.165, 1.54) is 35.5 Å². The number of likely N-dealkylation sites (N-methyl/N-ethyl adjacent to an activating group) is 1. The summed E-state index contributed by atoms with van der Waals surface area (Å²) in [4.78, 5) is 26.3. The van der Waals surface area contributed by atoms with Crippen LogP contribution >= 0.6 is 11.6 Å². The second-order valence-electron chi connectivity index (χ2n) is 5.57. The molecule has 0 unspecified atom stereocenters. The van der Waals surface area contributed by atoms with Gasteiger partial charge >= 0.3 is 6.09 Å². The summed E-state index contributed by atoms with van der Waals surface area (Å²) >= 11 is 5.86. The van der Waals surface area contributed by atoms with Crippen molar-refractivity contribution >= 4 is 33.6 Å². The number of amides is 2. The first-order valence-corrected chi connectivity index (χ1v) is 9.40. The van der Waals surface area contributed by atoms with Crippen LogP contribution in [0.15, 0.2) is 29.2 Å². The topological polar surface area (TPSA) is 87.2 Å². The zero-order chi connectivity index (χ0) is 18.6. The van der Waals surface area contributed by atoms with Gasteiger partial charge in [0.1, 0.15) is 6.54 Å². The van der Waals surface area contributed by atoms with Crippen molar-refractivity contribution in [2.24, 2.45) is 0 Å². The predicted octanol–water partition coefficient (Wildman–Crippen LogP) is 0.871. The van der Waals surface area contributed by atoms with Crippen LogP contribution < -0.4 is 0 Å². The van der Waals surface area contributed by atoms with Crippen molar-refractivity contribution in [1.29, 1.82) is 0 Å². The van der Waals surface area contributed by atoms with Crippen LogP contribution in [0, 0.1) is 0 Å². The molecular weight excluding hydrogens is 370 g/mol. The summed E-state index contributed by atoms with van der Waals surface area (Å²) in [6.07, 6.45) is -0.601. The first-order valence-electron chi connectivity index (χ1n) is 7.58. The molecule has 1 heterocycles. The van der Waals surface area contributed by atoms with Crippen LogP contribution in [0.1, 0.15) is 0 Å². The molecule has 10 heteroatoms. The van der Waals surface area contributed by atoms with Crippen molar-refractivity contribution in [3.8, 4) is 0 Å². The monoisotopic (exact) mass is 389 g/mol. The van der Waals surface area contributed by atoms with E-state index in [9.17, 15) is 18.0 Å². The van der Waals surface area contributed by atoms with Gasteiger partial charge in [-0.25, -0.2) is 13.2 Å². The molecule has 8 nitrogen and oxygen atoms in total. The Morgan fingerprint density at radius 2 is 1.88 bits per heavy atom. The van der Waals surface area contributed by atoms with Crippen LogP contribution in [0.25, 0.3) is 0 Å². The number of nitrogens with zero attached hydrogens (tertiary/aromatic N) is 3. The fourth-order valence-electron chi connectivity index (χ4n) is 2.48. The Hall–Kier alpha value is -1.84. The van der Waals surface area contributed by atoms with Gasteiger partial charge in [-0.05, 0) is 18.2 Å². The van der Waals surface area contributed by atoms with Gasteiger partial charge in [-0.2, -0.15) is 4.31 Å². The van der Waals surface area contributed by atoms with Gasteiger partial charge in [0, 0.05) is 38.2 Å². The largest absolute Gasteiger partial charge is 0.453 e. The van der Waals surface area contributed by atoms with Crippen molar-refractivity contribution in [2.45, 2.75) is 4.90 Å². The number of sulfonamides is 1. The maximum absolute atomic E-state index is 12.6. The molecule has 0 aromatic heterocycles. The number of ether oxygens (including phenoxy) is 1. The van der Waals surface area contributed by atoms with Gasteiger partial charge in [0.05, 0.1) is 12.0 Å². The Bertz CT molecular complexity index is 747. The van der Waals surface area contributed by atoms with E-state index < -0.39 is 16.1 Å². The Morgan fingerprint density at radius 3 is 2.44 bits per heavy atom. The van der Waals surface area contributed by atoms with E-state index in [-0.39, 0.29) is 43.5 Å². The molecule has 1 aliphatic rings. The van der Waals surface area contributed by atoms with Crippen LogP contribution in [-0.2, 0) is 19.6 Å². The molecule has 2 rings (SSSR count). The second-order valence-corrected chi connectivity index (χ2v) is 7.94. The maximum atomic E-state index is 12.6. The zero-order valence-electron chi connectivity index (χ0n) is 14.0. The van der Waals surface area contributed by atoms with Crippen LogP contribution in [0.2, 0.25) is 5.02 Å². The summed E-state index contributed by atoms with van der Waals surface area (Å²) in [6, 6.07) is 6.08. The third kappa shape index (κ3) is 4.62. The average molecular weight is 390 g/mol. The Morgan fingerprint density at radius 1 is 1.24 bits per heavy atom. The first kappa shape index (κ1) is 19.5. The van der Waals surface area contributed by atoms with Crippen molar-refractivity contribution in [1.82, 2.24) is 14.1 Å². The SMILES string of the molecule is COC(=O)N(C)CC(=O)N1CCN(S(=O)(=O)c2cccc(Cl)c2)CC1. The van der Waals surface area contributed by atoms with Gasteiger partial charge in [-0.3, -0.25) is 4.79 Å². The lowest BCUT2D eigenvalue weighted by Gasteiger charge is -2.34. The number of hydrogen-bond donors (Lipinski definition) is 0. The average Bonchev–Trinajstić information content (AvgIpc) is 2.61. The number of carbonyl (C=O) groups excluding carboxylic acids is 2. The van der Waals surface area contributed by atoms with E-state index in [2.05, 4.69) is 4.74 Å². The molecule has 0 bridgehead atoms. The number of carbonyl (C=O) groups is 2. The third-order valence-corrected chi connectivity index (χ3v) is 6.01. The third-order valence-electron chi connectivity index (χ3n) is 3.88. The number of benzene rings is 1. The molecule has 138 valence electrons. The Kier molecular flexibility index (Phi) is 6.26.